The summed E-state index contributed by atoms with van der Waals surface area (Å²) in [6.45, 7) is 3.15. The molecule has 0 fully saturated rings. The van der Waals surface area contributed by atoms with E-state index < -0.39 is 17.6 Å². The van der Waals surface area contributed by atoms with Gasteiger partial charge in [-0.25, -0.2) is 9.59 Å². The first-order chi connectivity index (χ1) is 16.7. The number of nitrogens with zero attached hydrogens (tertiary/aromatic N) is 1. The van der Waals surface area contributed by atoms with E-state index in [1.165, 1.54) is 25.8 Å². The van der Waals surface area contributed by atoms with Gasteiger partial charge in [-0.05, 0) is 53.8 Å². The van der Waals surface area contributed by atoms with Gasteiger partial charge in [0.05, 0.1) is 6.42 Å². The molecule has 0 atom stereocenters. The molecule has 7 heteroatoms. The Labute approximate surface area is 204 Å². The van der Waals surface area contributed by atoms with E-state index in [4.69, 9.17) is 4.74 Å². The number of hydrogen-bond acceptors (Lipinski definition) is 4. The Bertz CT molecular complexity index is 1240. The first-order valence-electron chi connectivity index (χ1n) is 11.4. The van der Waals surface area contributed by atoms with Crippen LogP contribution in [0.15, 0.2) is 72.8 Å². The number of rotatable bonds is 7. The number of nitrogens with one attached hydrogen (secondary N) is 1. The van der Waals surface area contributed by atoms with Gasteiger partial charge in [-0.3, -0.25) is 10.1 Å². The van der Waals surface area contributed by atoms with Crippen molar-refractivity contribution in [3.05, 3.63) is 89.5 Å². The van der Waals surface area contributed by atoms with Crippen LogP contribution in [0.3, 0.4) is 0 Å². The van der Waals surface area contributed by atoms with Gasteiger partial charge < -0.3 is 14.7 Å². The minimum Gasteiger partial charge on any atom is -0.480 e. The zero-order valence-corrected chi connectivity index (χ0v) is 19.9. The van der Waals surface area contributed by atoms with Gasteiger partial charge >= 0.3 is 12.1 Å². The molecule has 2 amide bonds. The van der Waals surface area contributed by atoms with Crippen LogP contribution in [-0.2, 0) is 20.7 Å². The highest BCUT2D eigenvalue weighted by molar-refractivity contribution is 5.88. The van der Waals surface area contributed by atoms with Crippen LogP contribution in [-0.4, -0.2) is 47.2 Å². The Hall–Kier alpha value is -4.13. The number of amides is 2. The zero-order valence-electron chi connectivity index (χ0n) is 19.9. The summed E-state index contributed by atoms with van der Waals surface area (Å²) in [5.74, 6) is -1.46. The van der Waals surface area contributed by atoms with E-state index in [2.05, 4.69) is 29.6 Å². The van der Waals surface area contributed by atoms with Gasteiger partial charge in [0.15, 0.2) is 0 Å². The molecule has 0 aromatic heterocycles. The molecule has 0 saturated carbocycles. The number of hydrogen-bond donors (Lipinski definition) is 2. The minimum absolute atomic E-state index is 0.00736. The number of carboxylic acids is 1. The van der Waals surface area contributed by atoms with Gasteiger partial charge in [-0.1, -0.05) is 60.7 Å². The van der Waals surface area contributed by atoms with Crippen LogP contribution in [0.5, 0.6) is 0 Å². The fraction of sp³-hybridized carbons (Fsp3) is 0.250. The summed E-state index contributed by atoms with van der Waals surface area (Å²) in [5.41, 5.74) is 4.41. The second-order valence-electron chi connectivity index (χ2n) is 9.14. The number of ether oxygens (including phenoxy) is 1. The largest absolute Gasteiger partial charge is 0.480 e. The number of likely N-dealkylation sites (N-methyl/N-ethyl adjacent to an activating group) is 1. The van der Waals surface area contributed by atoms with Crippen LogP contribution in [0.4, 0.5) is 10.5 Å². The number of anilines is 1. The first-order valence-corrected chi connectivity index (χ1v) is 11.4. The van der Waals surface area contributed by atoms with Gasteiger partial charge in [0.25, 0.3) is 0 Å². The van der Waals surface area contributed by atoms with E-state index in [0.717, 1.165) is 22.3 Å². The van der Waals surface area contributed by atoms with Crippen LogP contribution in [0.2, 0.25) is 0 Å². The SMILES string of the molecule is CN(C(=O)Cc1cccc(NC(=O)OCC2c3ccccc3-c3ccccc32)c1)C(C)(C)C(=O)O. The summed E-state index contributed by atoms with van der Waals surface area (Å²) in [4.78, 5) is 37.8. The Morgan fingerprint density at radius 1 is 0.943 bits per heavy atom. The molecule has 0 spiro atoms. The Morgan fingerprint density at radius 2 is 1.54 bits per heavy atom. The molecule has 0 unspecified atom stereocenters. The van der Waals surface area contributed by atoms with E-state index in [-0.39, 0.29) is 24.9 Å². The van der Waals surface area contributed by atoms with Crippen LogP contribution >= 0.6 is 0 Å². The van der Waals surface area contributed by atoms with Gasteiger partial charge in [-0.2, -0.15) is 0 Å². The lowest BCUT2D eigenvalue weighted by molar-refractivity contribution is -0.155. The third-order valence-electron chi connectivity index (χ3n) is 6.61. The summed E-state index contributed by atoms with van der Waals surface area (Å²) in [6.07, 6.45) is -0.576. The van der Waals surface area contributed by atoms with Gasteiger partial charge in [0, 0.05) is 18.7 Å². The van der Waals surface area contributed by atoms with Gasteiger partial charge in [-0.15, -0.1) is 0 Å². The number of benzene rings is 3. The predicted molar refractivity (Wildman–Crippen MR) is 133 cm³/mol. The van der Waals surface area contributed by atoms with Crippen molar-refractivity contribution in [2.24, 2.45) is 0 Å². The summed E-state index contributed by atoms with van der Waals surface area (Å²) in [5, 5.41) is 12.1. The molecule has 0 saturated heterocycles. The first kappa shape index (κ1) is 24.0. The van der Waals surface area contributed by atoms with Crippen molar-refractivity contribution in [3.8, 4) is 11.1 Å². The highest BCUT2D eigenvalue weighted by atomic mass is 16.5. The number of carbonyl (C=O) groups excluding carboxylic acids is 2. The molecule has 7 nitrogen and oxygen atoms in total. The Kier molecular flexibility index (Phi) is 6.60. The summed E-state index contributed by atoms with van der Waals surface area (Å²) in [7, 11) is 1.47. The molecule has 3 aromatic carbocycles. The summed E-state index contributed by atoms with van der Waals surface area (Å²) >= 11 is 0. The fourth-order valence-corrected chi connectivity index (χ4v) is 4.26. The maximum absolute atomic E-state index is 12.6. The van der Waals surface area contributed by atoms with Crippen molar-refractivity contribution in [1.29, 1.82) is 0 Å². The standard InChI is InChI=1S/C28H28N2O5/c1-28(2,26(32)33)30(3)25(31)16-18-9-8-10-19(15-18)29-27(34)35-17-24-22-13-6-4-11-20(22)21-12-5-7-14-23(21)24/h4-15,24H,16-17H2,1-3H3,(H,29,34)(H,32,33). The molecule has 180 valence electrons. The molecular weight excluding hydrogens is 444 g/mol. The fourth-order valence-electron chi connectivity index (χ4n) is 4.26. The van der Waals surface area contributed by atoms with E-state index in [9.17, 15) is 19.5 Å². The van der Waals surface area contributed by atoms with Crippen molar-refractivity contribution in [1.82, 2.24) is 4.90 Å². The van der Waals surface area contributed by atoms with Crippen LogP contribution < -0.4 is 5.32 Å². The molecule has 1 aliphatic rings. The van der Waals surface area contributed by atoms with Gasteiger partial charge in [0.2, 0.25) is 5.91 Å². The topological polar surface area (TPSA) is 95.9 Å². The van der Waals surface area contributed by atoms with Crippen molar-refractivity contribution in [3.63, 3.8) is 0 Å². The third kappa shape index (κ3) is 4.89. The molecular formula is C28H28N2O5. The van der Waals surface area contributed by atoms with Crippen molar-refractivity contribution in [2.45, 2.75) is 31.7 Å². The molecule has 2 N–H and O–H groups in total. The van der Waals surface area contributed by atoms with Crippen molar-refractivity contribution < 1.29 is 24.2 Å². The van der Waals surface area contributed by atoms with Gasteiger partial charge in [0.1, 0.15) is 12.1 Å². The molecule has 0 bridgehead atoms. The lowest BCUT2D eigenvalue weighted by Crippen LogP contribution is -2.51. The molecule has 4 rings (SSSR count). The highest BCUT2D eigenvalue weighted by Gasteiger charge is 2.35. The molecule has 35 heavy (non-hydrogen) atoms. The Balaban J connectivity index is 1.39. The number of fused-ring (bicyclic) bond motifs is 3. The smallest absolute Gasteiger partial charge is 0.411 e. The molecule has 3 aromatic rings. The molecule has 1 aliphatic carbocycles. The third-order valence-corrected chi connectivity index (χ3v) is 6.61. The van der Waals surface area contributed by atoms with E-state index in [1.807, 2.05) is 24.3 Å². The van der Waals surface area contributed by atoms with E-state index in [1.54, 1.807) is 24.3 Å². The van der Waals surface area contributed by atoms with E-state index >= 15 is 0 Å². The lowest BCUT2D eigenvalue weighted by atomic mass is 9.98. The average Bonchev–Trinajstić information content (AvgIpc) is 3.16. The van der Waals surface area contributed by atoms with E-state index in [0.29, 0.717) is 11.3 Å². The monoisotopic (exact) mass is 472 g/mol. The minimum atomic E-state index is -1.33. The number of carbonyl (C=O) groups is 3. The molecule has 0 heterocycles. The number of aliphatic carboxylic acids is 1. The quantitative estimate of drug-likeness (QED) is 0.509. The molecule has 0 radical (unpaired) electrons. The second kappa shape index (κ2) is 9.62. The maximum Gasteiger partial charge on any atom is 0.411 e. The maximum atomic E-state index is 12.6. The normalized spacial score (nSPS) is 12.4. The van der Waals surface area contributed by atoms with Crippen LogP contribution in [0, 0.1) is 0 Å². The summed E-state index contributed by atoms with van der Waals surface area (Å²) < 4.78 is 5.58. The lowest BCUT2D eigenvalue weighted by Gasteiger charge is -2.31. The van der Waals surface area contributed by atoms with Crippen LogP contribution in [0.1, 0.15) is 36.5 Å². The zero-order chi connectivity index (χ0) is 25.2. The Morgan fingerprint density at radius 3 is 2.14 bits per heavy atom. The second-order valence-corrected chi connectivity index (χ2v) is 9.14. The highest BCUT2D eigenvalue weighted by Crippen LogP contribution is 2.44. The number of carboxylic acid groups (broad SMARTS) is 1. The van der Waals surface area contributed by atoms with Crippen LogP contribution in [0.25, 0.3) is 11.1 Å². The predicted octanol–water partition coefficient (Wildman–Crippen LogP) is 4.91. The van der Waals surface area contributed by atoms with Crippen molar-refractivity contribution >= 4 is 23.7 Å². The average molecular weight is 473 g/mol. The summed E-state index contributed by atoms with van der Waals surface area (Å²) in [6, 6.07) is 23.1. The molecule has 0 aliphatic heterocycles. The van der Waals surface area contributed by atoms with Crippen molar-refractivity contribution in [2.75, 3.05) is 19.0 Å².